The molecule has 1 nitrogen and oxygen atoms in total. The maximum absolute atomic E-state index is 3.78. The summed E-state index contributed by atoms with van der Waals surface area (Å²) < 4.78 is 0. The number of rotatable bonds is 4. The van der Waals surface area contributed by atoms with E-state index in [2.05, 4.69) is 42.7 Å². The third-order valence-corrected chi connectivity index (χ3v) is 6.12. The molecule has 1 heteroatoms. The molecule has 2 fully saturated rings. The second kappa shape index (κ2) is 6.96. The molecule has 1 N–H and O–H groups in total. The quantitative estimate of drug-likeness (QED) is 0.763. The van der Waals surface area contributed by atoms with Crippen molar-refractivity contribution in [1.82, 2.24) is 5.32 Å². The Morgan fingerprint density at radius 3 is 2.10 bits per heavy atom. The molecular weight excluding hydrogens is 254 g/mol. The highest BCUT2D eigenvalue weighted by Gasteiger charge is 2.44. The van der Waals surface area contributed by atoms with Crippen molar-refractivity contribution in [2.45, 2.75) is 75.7 Å². The lowest BCUT2D eigenvalue weighted by Crippen LogP contribution is -2.50. The van der Waals surface area contributed by atoms with Crippen LogP contribution in [0.1, 0.15) is 69.8 Å². The monoisotopic (exact) mass is 285 g/mol. The van der Waals surface area contributed by atoms with Gasteiger partial charge in [-0.2, -0.15) is 0 Å². The van der Waals surface area contributed by atoms with Crippen LogP contribution in [0.4, 0.5) is 0 Å². The summed E-state index contributed by atoms with van der Waals surface area (Å²) in [5.41, 5.74) is 1.98. The summed E-state index contributed by atoms with van der Waals surface area (Å²) in [6.45, 7) is 0. The van der Waals surface area contributed by atoms with E-state index in [1.807, 2.05) is 0 Å². The zero-order valence-electron chi connectivity index (χ0n) is 13.6. The Morgan fingerprint density at radius 2 is 1.52 bits per heavy atom. The lowest BCUT2D eigenvalue weighted by molar-refractivity contribution is 0.209. The molecule has 116 valence electrons. The van der Waals surface area contributed by atoms with E-state index in [1.165, 1.54) is 64.2 Å². The Hall–Kier alpha value is -0.820. The molecule has 0 radical (unpaired) electrons. The molecule has 3 rings (SSSR count). The van der Waals surface area contributed by atoms with Crippen molar-refractivity contribution in [3.05, 3.63) is 35.9 Å². The molecule has 2 aliphatic carbocycles. The van der Waals surface area contributed by atoms with Gasteiger partial charge in [-0.25, -0.2) is 0 Å². The van der Waals surface area contributed by atoms with Crippen molar-refractivity contribution in [3.63, 3.8) is 0 Å². The van der Waals surface area contributed by atoms with E-state index in [4.69, 9.17) is 0 Å². The number of likely N-dealkylation sites (N-methyl/N-ethyl adjacent to an activating group) is 1. The van der Waals surface area contributed by atoms with Gasteiger partial charge in [0.25, 0.3) is 0 Å². The second-order valence-corrected chi connectivity index (χ2v) is 7.25. The minimum Gasteiger partial charge on any atom is -0.316 e. The second-order valence-electron chi connectivity index (χ2n) is 7.25. The lowest BCUT2D eigenvalue weighted by Gasteiger charge is -2.43. The molecule has 0 aromatic heterocycles. The van der Waals surface area contributed by atoms with Crippen molar-refractivity contribution in [1.29, 1.82) is 0 Å². The van der Waals surface area contributed by atoms with Gasteiger partial charge in [0.15, 0.2) is 0 Å². The molecule has 0 aliphatic heterocycles. The molecule has 1 aromatic carbocycles. The van der Waals surface area contributed by atoms with Gasteiger partial charge in [0.05, 0.1) is 0 Å². The third-order valence-electron chi connectivity index (χ3n) is 6.12. The molecule has 21 heavy (non-hydrogen) atoms. The van der Waals surface area contributed by atoms with Crippen LogP contribution in [0, 0.1) is 5.92 Å². The maximum Gasteiger partial charge on any atom is 0.0189 e. The summed E-state index contributed by atoms with van der Waals surface area (Å²) in [7, 11) is 2.21. The zero-order chi connectivity index (χ0) is 14.5. The summed E-state index contributed by atoms with van der Waals surface area (Å²) in [5, 5.41) is 3.78. The Labute approximate surface area is 130 Å². The Kier molecular flexibility index (Phi) is 5.00. The van der Waals surface area contributed by atoms with Crippen LogP contribution in [-0.4, -0.2) is 13.1 Å². The van der Waals surface area contributed by atoms with Crippen LogP contribution >= 0.6 is 0 Å². The van der Waals surface area contributed by atoms with Gasteiger partial charge in [0.2, 0.25) is 0 Å². The average Bonchev–Trinajstić information content (AvgIpc) is 2.87. The number of benzene rings is 1. The maximum atomic E-state index is 3.78. The van der Waals surface area contributed by atoms with Gasteiger partial charge >= 0.3 is 0 Å². The molecule has 1 unspecified atom stereocenters. The highest BCUT2D eigenvalue weighted by molar-refractivity contribution is 5.29. The van der Waals surface area contributed by atoms with Crippen LogP contribution in [0.3, 0.4) is 0 Å². The van der Waals surface area contributed by atoms with E-state index in [0.717, 1.165) is 5.92 Å². The summed E-state index contributed by atoms with van der Waals surface area (Å²) in [5.74, 6) is 0.871. The molecule has 0 saturated heterocycles. The summed E-state index contributed by atoms with van der Waals surface area (Å²) in [6, 6.07) is 12.1. The fourth-order valence-corrected chi connectivity index (χ4v) is 5.16. The zero-order valence-corrected chi connectivity index (χ0v) is 13.6. The Bertz CT molecular complexity index is 411. The van der Waals surface area contributed by atoms with E-state index in [1.54, 1.807) is 5.56 Å². The minimum absolute atomic E-state index is 0.394. The number of hydrogen-bond donors (Lipinski definition) is 1. The summed E-state index contributed by atoms with van der Waals surface area (Å²) in [4.78, 5) is 0. The SMILES string of the molecule is CNC(C1CCCCCC1)C1(c2ccccc2)CCCC1. The first-order valence-corrected chi connectivity index (χ1v) is 9.09. The molecule has 1 aromatic rings. The molecule has 2 aliphatic rings. The van der Waals surface area contributed by atoms with Crippen molar-refractivity contribution in [2.24, 2.45) is 5.92 Å². The first-order valence-electron chi connectivity index (χ1n) is 9.09. The van der Waals surface area contributed by atoms with Crippen molar-refractivity contribution in [3.8, 4) is 0 Å². The predicted octanol–water partition coefficient (Wildman–Crippen LogP) is 5.06. The van der Waals surface area contributed by atoms with Crippen LogP contribution in [-0.2, 0) is 5.41 Å². The van der Waals surface area contributed by atoms with Gasteiger partial charge in [-0.1, -0.05) is 68.9 Å². The van der Waals surface area contributed by atoms with Gasteiger partial charge in [0, 0.05) is 11.5 Å². The fourth-order valence-electron chi connectivity index (χ4n) is 5.16. The first kappa shape index (κ1) is 15.1. The van der Waals surface area contributed by atoms with Crippen molar-refractivity contribution in [2.75, 3.05) is 7.05 Å². The Morgan fingerprint density at radius 1 is 0.905 bits per heavy atom. The predicted molar refractivity (Wildman–Crippen MR) is 90.6 cm³/mol. The van der Waals surface area contributed by atoms with E-state index in [0.29, 0.717) is 11.5 Å². The fraction of sp³-hybridized carbons (Fsp3) is 0.700. The van der Waals surface area contributed by atoms with Gasteiger partial charge in [-0.05, 0) is 44.2 Å². The molecule has 2 saturated carbocycles. The van der Waals surface area contributed by atoms with Gasteiger partial charge < -0.3 is 5.32 Å². The van der Waals surface area contributed by atoms with E-state index >= 15 is 0 Å². The van der Waals surface area contributed by atoms with Crippen LogP contribution in [0.2, 0.25) is 0 Å². The van der Waals surface area contributed by atoms with E-state index < -0.39 is 0 Å². The third kappa shape index (κ3) is 3.04. The minimum atomic E-state index is 0.394. The average molecular weight is 285 g/mol. The number of hydrogen-bond acceptors (Lipinski definition) is 1. The van der Waals surface area contributed by atoms with Crippen molar-refractivity contribution < 1.29 is 0 Å². The highest BCUT2D eigenvalue weighted by Crippen LogP contribution is 2.47. The van der Waals surface area contributed by atoms with Crippen LogP contribution in [0.5, 0.6) is 0 Å². The van der Waals surface area contributed by atoms with Crippen LogP contribution in [0.15, 0.2) is 30.3 Å². The summed E-state index contributed by atoms with van der Waals surface area (Å²) in [6.07, 6.45) is 14.2. The molecule has 0 bridgehead atoms. The summed E-state index contributed by atoms with van der Waals surface area (Å²) >= 11 is 0. The van der Waals surface area contributed by atoms with Crippen molar-refractivity contribution >= 4 is 0 Å². The molecular formula is C20H31N. The topological polar surface area (TPSA) is 12.0 Å². The lowest BCUT2D eigenvalue weighted by atomic mass is 9.67. The van der Waals surface area contributed by atoms with Gasteiger partial charge in [-0.15, -0.1) is 0 Å². The highest BCUT2D eigenvalue weighted by atomic mass is 14.9. The van der Waals surface area contributed by atoms with Gasteiger partial charge in [-0.3, -0.25) is 0 Å². The Balaban J connectivity index is 1.90. The van der Waals surface area contributed by atoms with Crippen LogP contribution in [0.25, 0.3) is 0 Å². The molecule has 0 spiro atoms. The largest absolute Gasteiger partial charge is 0.316 e. The molecule has 1 atom stereocenters. The molecule has 0 heterocycles. The first-order chi connectivity index (χ1) is 10.4. The van der Waals surface area contributed by atoms with Crippen LogP contribution < -0.4 is 5.32 Å². The smallest absolute Gasteiger partial charge is 0.0189 e. The van der Waals surface area contributed by atoms with E-state index in [-0.39, 0.29) is 0 Å². The number of nitrogens with one attached hydrogen (secondary N) is 1. The van der Waals surface area contributed by atoms with Gasteiger partial charge in [0.1, 0.15) is 0 Å². The molecule has 0 amide bonds. The normalized spacial score (nSPS) is 24.6. The van der Waals surface area contributed by atoms with E-state index in [9.17, 15) is 0 Å². The standard InChI is InChI=1S/C20H31N/c1-21-19(17-11-5-2-3-6-12-17)20(15-9-10-16-20)18-13-7-4-8-14-18/h4,7-8,13-14,17,19,21H,2-3,5-6,9-12,15-16H2,1H3.